The summed E-state index contributed by atoms with van der Waals surface area (Å²) >= 11 is 6.06. The fourth-order valence-corrected chi connectivity index (χ4v) is 17.7. The summed E-state index contributed by atoms with van der Waals surface area (Å²) in [6.07, 6.45) is 25.6. The number of rotatable bonds is 25. The van der Waals surface area contributed by atoms with Crippen molar-refractivity contribution < 1.29 is 47.6 Å². The molecule has 3 amide bonds. The van der Waals surface area contributed by atoms with Crippen molar-refractivity contribution in [2.45, 2.75) is 328 Å². The maximum atomic E-state index is 13.3. The highest BCUT2D eigenvalue weighted by atomic mass is 35.5. The Balaban J connectivity index is 0.000000123. The Kier molecular flexibility index (Phi) is 28.1. The number of nitrogens with zero attached hydrogens (tertiary/aromatic N) is 15. The monoisotopic (exact) mass is 1760 g/mol. The summed E-state index contributed by atoms with van der Waals surface area (Å²) in [6, 6.07) is 27.0. The van der Waals surface area contributed by atoms with Crippen LogP contribution in [0, 0.1) is 33.5 Å². The number of benzene rings is 1. The van der Waals surface area contributed by atoms with Crippen LogP contribution in [0.3, 0.4) is 0 Å². The topological polar surface area (TPSA) is 331 Å². The summed E-state index contributed by atoms with van der Waals surface area (Å²) in [5, 5.41) is 25.7. The lowest BCUT2D eigenvalue weighted by molar-refractivity contribution is -0.131. The number of fused-ring (bicyclic) bond motifs is 7. The summed E-state index contributed by atoms with van der Waals surface area (Å²) in [5.41, 5.74) is 13.1. The molecule has 0 radical (unpaired) electrons. The molecule has 10 aromatic heterocycles. The van der Waals surface area contributed by atoms with E-state index in [4.69, 9.17) is 45.3 Å². The van der Waals surface area contributed by atoms with Crippen molar-refractivity contribution in [2.75, 3.05) is 39.8 Å². The Morgan fingerprint density at radius 1 is 0.480 bits per heavy atom. The molecule has 8 aliphatic rings. The molecule has 19 rings (SSSR count). The summed E-state index contributed by atoms with van der Waals surface area (Å²) in [7, 11) is 0. The van der Waals surface area contributed by atoms with Crippen LogP contribution in [0.5, 0.6) is 0 Å². The minimum atomic E-state index is -1.04. The van der Waals surface area contributed by atoms with Gasteiger partial charge in [0.05, 0.1) is 91.1 Å². The molecule has 127 heavy (non-hydrogen) atoms. The molecular weight excluding hydrogens is 1630 g/mol. The van der Waals surface area contributed by atoms with Gasteiger partial charge in [0.1, 0.15) is 38.6 Å². The Labute approximate surface area is 747 Å². The summed E-state index contributed by atoms with van der Waals surface area (Å²) < 4.78 is 53.3. The van der Waals surface area contributed by atoms with Crippen LogP contribution in [0.25, 0.3) is 61.5 Å². The summed E-state index contributed by atoms with van der Waals surface area (Å²) in [6.45, 7) is 35.0. The highest BCUT2D eigenvalue weighted by Crippen LogP contribution is 2.43. The van der Waals surface area contributed by atoms with E-state index in [-0.39, 0.29) is 71.2 Å². The van der Waals surface area contributed by atoms with Gasteiger partial charge in [0.15, 0.2) is 28.2 Å². The van der Waals surface area contributed by atoms with E-state index in [1.807, 2.05) is 95.5 Å². The van der Waals surface area contributed by atoms with Gasteiger partial charge >= 0.3 is 0 Å². The number of carbonyl (C=O) groups excluding carboxylic acids is 3. The normalized spacial score (nSPS) is 20.2. The number of aliphatic hydroxyl groups is 1. The van der Waals surface area contributed by atoms with Crippen LogP contribution in [-0.4, -0.2) is 162 Å². The molecule has 14 heterocycles. The number of ether oxygens (including phenoxy) is 5. The molecule has 4 aliphatic heterocycles. The van der Waals surface area contributed by atoms with Crippen molar-refractivity contribution in [2.24, 2.45) is 0 Å². The number of carbonyl (C=O) groups is 3. The maximum absolute atomic E-state index is 13.3. The van der Waals surface area contributed by atoms with Gasteiger partial charge in [-0.3, -0.25) is 53.2 Å². The predicted molar refractivity (Wildman–Crippen MR) is 494 cm³/mol. The molecule has 8 fully saturated rings. The second kappa shape index (κ2) is 39.0. The van der Waals surface area contributed by atoms with Crippen LogP contribution in [0.1, 0.15) is 270 Å². The molecule has 6 N–H and O–H groups in total. The molecule has 2 bridgehead atoms. The van der Waals surface area contributed by atoms with Gasteiger partial charge in [-0.1, -0.05) is 24.8 Å². The van der Waals surface area contributed by atoms with Crippen LogP contribution in [0.4, 0.5) is 34.1 Å². The minimum absolute atomic E-state index is 0.00846. The number of hydrogen-bond donors (Lipinski definition) is 6. The largest absolute Gasteiger partial charge is 0.390 e. The van der Waals surface area contributed by atoms with Crippen LogP contribution >= 0.6 is 11.6 Å². The quantitative estimate of drug-likeness (QED) is 0.0290. The zero-order valence-corrected chi connectivity index (χ0v) is 76.7. The van der Waals surface area contributed by atoms with E-state index in [2.05, 4.69) is 127 Å². The third-order valence-corrected chi connectivity index (χ3v) is 25.0. The molecular formula is C96H126ClFN20O9. The Morgan fingerprint density at radius 2 is 0.913 bits per heavy atom. The SMILES string of the molecule is C=C(CC1CCC(C)(C)O1)Nc1nc2ccc(C)nc2n1C1CCC1.C=C(CCOC(C)(C)C)Nc1nc2ccc(Cl)nc2n1-c1ccc(F)cc1.Cc1ccc2nc(NC(=O)CC(C)(C)O)n(C3CCC3)c2n1.Cc1ccc2nc(NC(=O)CCO[C@@H]3C[C@@H]4CC[C@H]3O4)n(C3CCC3)c2n1.Cc1ccc2nc(NC(=O)C[C@@H]3CCCC(C)(C)O3)n(C3CCC3)c2n1. The first kappa shape index (κ1) is 91.5. The van der Waals surface area contributed by atoms with Gasteiger partial charge < -0.3 is 39.4 Å². The number of pyridine rings is 5. The lowest BCUT2D eigenvalue weighted by Crippen LogP contribution is -2.37. The summed E-state index contributed by atoms with van der Waals surface area (Å²) in [5.74, 6) is 2.54. The van der Waals surface area contributed by atoms with E-state index in [1.54, 1.807) is 42.7 Å². The number of aromatic nitrogens is 15. The van der Waals surface area contributed by atoms with E-state index in [0.29, 0.717) is 103 Å². The Morgan fingerprint density at radius 3 is 1.34 bits per heavy atom. The number of aryl methyl sites for hydroxylation is 4. The second-order valence-corrected chi connectivity index (χ2v) is 38.8. The highest BCUT2D eigenvalue weighted by molar-refractivity contribution is 6.29. The molecule has 11 aromatic rings. The zero-order chi connectivity index (χ0) is 89.8. The van der Waals surface area contributed by atoms with Gasteiger partial charge in [-0.05, 0) is 297 Å². The average Bonchev–Trinajstić information content (AvgIpc) is 1.64. The first-order valence-corrected chi connectivity index (χ1v) is 46.0. The average molecular weight is 1760 g/mol. The van der Waals surface area contributed by atoms with E-state index in [1.165, 1.54) is 50.7 Å². The lowest BCUT2D eigenvalue weighted by Gasteiger charge is -2.35. The predicted octanol–water partition coefficient (Wildman–Crippen LogP) is 19.9. The van der Waals surface area contributed by atoms with Crippen LogP contribution in [0.2, 0.25) is 5.15 Å². The number of imidazole rings is 5. The zero-order valence-electron chi connectivity index (χ0n) is 76.0. The minimum Gasteiger partial charge on any atom is -0.390 e. The maximum Gasteiger partial charge on any atom is 0.229 e. The van der Waals surface area contributed by atoms with Crippen molar-refractivity contribution in [3.8, 4) is 5.69 Å². The van der Waals surface area contributed by atoms with Crippen LogP contribution < -0.4 is 26.6 Å². The van der Waals surface area contributed by atoms with Crippen molar-refractivity contribution >= 4 is 115 Å². The number of nitrogens with one attached hydrogen (secondary N) is 5. The van der Waals surface area contributed by atoms with Gasteiger partial charge in [-0.15, -0.1) is 0 Å². The van der Waals surface area contributed by atoms with Crippen molar-refractivity contribution in [3.05, 3.63) is 143 Å². The molecule has 1 aromatic carbocycles. The fraction of sp³-hybridized carbons (Fsp3) is 0.552. The molecule has 4 saturated heterocycles. The number of halogens is 2. The molecule has 0 spiro atoms. The van der Waals surface area contributed by atoms with E-state index in [0.717, 1.165) is 187 Å². The number of hydrogen-bond acceptors (Lipinski definition) is 21. The van der Waals surface area contributed by atoms with Crippen molar-refractivity contribution in [1.82, 2.24) is 72.7 Å². The lowest BCUT2D eigenvalue weighted by atomic mass is 9.93. The molecule has 1 unspecified atom stereocenters. The molecule has 29 nitrogen and oxygen atoms in total. The molecule has 5 atom stereocenters. The van der Waals surface area contributed by atoms with E-state index < -0.39 is 5.60 Å². The van der Waals surface area contributed by atoms with Crippen LogP contribution in [0.15, 0.2) is 109 Å². The van der Waals surface area contributed by atoms with Gasteiger partial charge in [-0.25, -0.2) is 54.2 Å². The molecule has 678 valence electrons. The fourth-order valence-electron chi connectivity index (χ4n) is 17.5. The smallest absolute Gasteiger partial charge is 0.229 e. The van der Waals surface area contributed by atoms with Crippen molar-refractivity contribution in [3.63, 3.8) is 0 Å². The molecule has 31 heteroatoms. The van der Waals surface area contributed by atoms with Gasteiger partial charge in [0.2, 0.25) is 47.5 Å². The standard InChI is InChI=1S/C20H22ClFN4O.C20H26N4O3.C20H28N4O2.C20H28N4O.C16H22N4O2/c1-13(11-12-27-20(2,3)4)23-19-24-16-9-10-17(21)25-18(16)26(19)15-7-5-14(22)6-8-15;1-12-5-7-15-19(21-12)24(13-3-2-4-13)20(22-15)23-18(25)9-10-26-17-11-14-6-8-16(17)27-14;1-13-9-10-16-18(21-13)24(14-6-4-7-14)19(22-16)23-17(25)12-15-8-5-11-20(2,3)26-15;1-13-8-9-17-18(21-13)24(15-6-5-7-15)19(23-17)22-14(2)12-16-10-11-20(3,4)25-16;1-10-7-8-12-14(17-10)20(11-5-4-6-11)15(18-12)19-13(21)9-16(2,3)22/h5-10H,1,11-12H2,2-4H3,(H,23,24);5,7,13-14,16-17H,2-4,6,8-11H2,1H3,(H,22,23,25);9-10,14-15H,4-8,11-12H2,1-3H3,(H,22,23,25);8-9,15-16H,2,5-7,10-12H2,1,3-4H3,(H,22,23);7-8,11,22H,4-6,9H2,1-3H3,(H,18,19,21)/t;14-,16+,17+;15-;;/m.00../s1. The number of amides is 3. The van der Waals surface area contributed by atoms with Gasteiger partial charge in [-0.2, -0.15) is 0 Å². The molecule has 4 aliphatic carbocycles. The van der Waals surface area contributed by atoms with E-state index in [9.17, 15) is 23.9 Å². The van der Waals surface area contributed by atoms with Crippen LogP contribution in [-0.2, 0) is 38.1 Å². The first-order chi connectivity index (χ1) is 60.5. The summed E-state index contributed by atoms with van der Waals surface area (Å²) in [4.78, 5) is 83.4. The third-order valence-electron chi connectivity index (χ3n) is 24.8. The second-order valence-electron chi connectivity index (χ2n) is 38.4. The Hall–Kier alpha value is -10.2. The van der Waals surface area contributed by atoms with Crippen molar-refractivity contribution in [1.29, 1.82) is 0 Å². The third kappa shape index (κ3) is 23.1. The number of anilines is 5. The highest BCUT2D eigenvalue weighted by Gasteiger charge is 2.42. The van der Waals surface area contributed by atoms with E-state index >= 15 is 0 Å². The van der Waals surface area contributed by atoms with Gasteiger partial charge in [0.25, 0.3) is 0 Å². The first-order valence-electron chi connectivity index (χ1n) is 45.6. The van der Waals surface area contributed by atoms with Gasteiger partial charge in [0, 0.05) is 77.6 Å². The Bertz CT molecular complexity index is 5780. The molecule has 4 saturated carbocycles.